The van der Waals surface area contributed by atoms with E-state index < -0.39 is 0 Å². The zero-order valence-electron chi connectivity index (χ0n) is 14.9. The van der Waals surface area contributed by atoms with Gasteiger partial charge in [0, 0.05) is 11.1 Å². The van der Waals surface area contributed by atoms with Gasteiger partial charge in [0.2, 0.25) is 0 Å². The smallest absolute Gasteiger partial charge is 0.308 e. The second-order valence-electron chi connectivity index (χ2n) is 6.37. The summed E-state index contributed by atoms with van der Waals surface area (Å²) in [4.78, 5) is 15.0. The Morgan fingerprint density at radius 2 is 1.33 bits per heavy atom. The van der Waals surface area contributed by atoms with E-state index in [4.69, 9.17) is 0 Å². The van der Waals surface area contributed by atoms with E-state index in [0.717, 1.165) is 27.7 Å². The maximum atomic E-state index is 13.2. The fraction of sp³-hybridized carbons (Fsp3) is 0.0417. The quantitative estimate of drug-likeness (QED) is 0.474. The number of anilines is 2. The molecule has 0 unspecified atom stereocenters. The van der Waals surface area contributed by atoms with E-state index in [2.05, 4.69) is 23.5 Å². The molecular weight excluding hydrogens is 332 g/mol. The largest absolute Gasteiger partial charge is 0.326 e. The zero-order valence-corrected chi connectivity index (χ0v) is 14.9. The summed E-state index contributed by atoms with van der Waals surface area (Å²) >= 11 is 0. The Balaban J connectivity index is 1.74. The van der Waals surface area contributed by atoms with Crippen LogP contribution in [0.25, 0.3) is 10.8 Å². The molecule has 3 nitrogen and oxygen atoms in total. The summed E-state index contributed by atoms with van der Waals surface area (Å²) in [6.07, 6.45) is 0. The molecule has 3 heteroatoms. The first kappa shape index (κ1) is 16.9. The van der Waals surface area contributed by atoms with Crippen LogP contribution in [0.4, 0.5) is 16.2 Å². The van der Waals surface area contributed by atoms with Crippen molar-refractivity contribution < 1.29 is 4.79 Å². The number of hydrogen-bond acceptors (Lipinski definition) is 1. The Morgan fingerprint density at radius 3 is 2.11 bits per heavy atom. The molecule has 0 radical (unpaired) electrons. The van der Waals surface area contributed by atoms with Crippen LogP contribution < -0.4 is 10.2 Å². The number of hydrogen-bond donors (Lipinski definition) is 1. The molecule has 0 saturated carbocycles. The number of carbonyl (C=O) groups is 1. The van der Waals surface area contributed by atoms with Crippen LogP contribution >= 0.6 is 0 Å². The first-order chi connectivity index (χ1) is 13.3. The first-order valence-corrected chi connectivity index (χ1v) is 8.96. The minimum Gasteiger partial charge on any atom is -0.308 e. The molecule has 1 N–H and O–H groups in total. The van der Waals surface area contributed by atoms with E-state index in [-0.39, 0.29) is 6.03 Å². The van der Waals surface area contributed by atoms with E-state index in [9.17, 15) is 4.79 Å². The zero-order chi connectivity index (χ0) is 18.5. The summed E-state index contributed by atoms with van der Waals surface area (Å²) in [5.41, 5.74) is 2.75. The van der Waals surface area contributed by atoms with Crippen molar-refractivity contribution in [2.45, 2.75) is 6.54 Å². The predicted molar refractivity (Wildman–Crippen MR) is 112 cm³/mol. The molecular formula is C24H20N2O. The van der Waals surface area contributed by atoms with Crippen LogP contribution in [-0.2, 0) is 6.54 Å². The van der Waals surface area contributed by atoms with Crippen molar-refractivity contribution in [3.8, 4) is 0 Å². The third-order valence-electron chi connectivity index (χ3n) is 4.51. The van der Waals surface area contributed by atoms with Gasteiger partial charge in [-0.1, -0.05) is 84.9 Å². The van der Waals surface area contributed by atoms with Gasteiger partial charge in [0.25, 0.3) is 0 Å². The number of carbonyl (C=O) groups excluding carboxylic acids is 1. The van der Waals surface area contributed by atoms with E-state index in [1.807, 2.05) is 84.9 Å². The number of urea groups is 1. The monoisotopic (exact) mass is 352 g/mol. The average Bonchev–Trinajstić information content (AvgIpc) is 2.73. The van der Waals surface area contributed by atoms with Crippen LogP contribution in [-0.4, -0.2) is 6.03 Å². The summed E-state index contributed by atoms with van der Waals surface area (Å²) in [5.74, 6) is 0. The molecule has 4 rings (SSSR count). The SMILES string of the molecule is O=C(Nc1ccccc1)N(Cc1ccccc1)c1cccc2ccccc12. The van der Waals surface area contributed by atoms with Gasteiger partial charge in [0.1, 0.15) is 0 Å². The maximum absolute atomic E-state index is 13.2. The van der Waals surface area contributed by atoms with Crippen LogP contribution in [0.1, 0.15) is 5.56 Å². The molecule has 0 bridgehead atoms. The van der Waals surface area contributed by atoms with E-state index >= 15 is 0 Å². The van der Waals surface area contributed by atoms with Crippen molar-refractivity contribution in [2.24, 2.45) is 0 Å². The topological polar surface area (TPSA) is 32.3 Å². The number of amides is 2. The number of nitrogens with one attached hydrogen (secondary N) is 1. The van der Waals surface area contributed by atoms with Crippen molar-refractivity contribution in [1.82, 2.24) is 0 Å². The minimum absolute atomic E-state index is 0.151. The fourth-order valence-corrected chi connectivity index (χ4v) is 3.19. The van der Waals surface area contributed by atoms with Gasteiger partial charge in [-0.3, -0.25) is 4.90 Å². The van der Waals surface area contributed by atoms with Crippen LogP contribution in [0.2, 0.25) is 0 Å². The lowest BCUT2D eigenvalue weighted by Crippen LogP contribution is -2.34. The normalized spacial score (nSPS) is 10.5. The number of para-hydroxylation sites is 1. The summed E-state index contributed by atoms with van der Waals surface area (Å²) in [7, 11) is 0. The third-order valence-corrected chi connectivity index (χ3v) is 4.51. The number of nitrogens with zero attached hydrogens (tertiary/aromatic N) is 1. The highest BCUT2D eigenvalue weighted by Crippen LogP contribution is 2.28. The van der Waals surface area contributed by atoms with Crippen LogP contribution in [0.3, 0.4) is 0 Å². The molecule has 0 aliphatic heterocycles. The molecule has 4 aromatic rings. The van der Waals surface area contributed by atoms with Gasteiger partial charge in [-0.15, -0.1) is 0 Å². The fourth-order valence-electron chi connectivity index (χ4n) is 3.19. The number of rotatable bonds is 4. The summed E-state index contributed by atoms with van der Waals surface area (Å²) in [6.45, 7) is 0.494. The standard InChI is InChI=1S/C24H20N2O/c27-24(25-21-14-5-2-6-15-21)26(18-19-10-3-1-4-11-19)23-17-9-13-20-12-7-8-16-22(20)23/h1-17H,18H2,(H,25,27). The van der Waals surface area contributed by atoms with E-state index in [1.165, 1.54) is 0 Å². The van der Waals surface area contributed by atoms with E-state index in [1.54, 1.807) is 4.90 Å². The molecule has 0 aromatic heterocycles. The van der Waals surface area contributed by atoms with Gasteiger partial charge in [-0.05, 0) is 29.1 Å². The predicted octanol–water partition coefficient (Wildman–Crippen LogP) is 6.08. The highest BCUT2D eigenvalue weighted by atomic mass is 16.2. The molecule has 0 atom stereocenters. The minimum atomic E-state index is -0.151. The van der Waals surface area contributed by atoms with Crippen molar-refractivity contribution in [1.29, 1.82) is 0 Å². The van der Waals surface area contributed by atoms with Gasteiger partial charge < -0.3 is 5.32 Å². The van der Waals surface area contributed by atoms with Crippen LogP contribution in [0.5, 0.6) is 0 Å². The van der Waals surface area contributed by atoms with E-state index in [0.29, 0.717) is 6.54 Å². The molecule has 2 amide bonds. The lowest BCUT2D eigenvalue weighted by atomic mass is 10.1. The Bertz CT molecular complexity index is 1040. The molecule has 0 heterocycles. The van der Waals surface area contributed by atoms with Crippen molar-refractivity contribution >= 4 is 28.2 Å². The Kier molecular flexibility index (Phi) is 4.84. The summed E-state index contributed by atoms with van der Waals surface area (Å²) in [5, 5.41) is 5.18. The second kappa shape index (κ2) is 7.75. The van der Waals surface area contributed by atoms with Crippen LogP contribution in [0.15, 0.2) is 103 Å². The van der Waals surface area contributed by atoms with Crippen molar-refractivity contribution in [2.75, 3.05) is 10.2 Å². The lowest BCUT2D eigenvalue weighted by Gasteiger charge is -2.25. The molecule has 0 aliphatic rings. The highest BCUT2D eigenvalue weighted by molar-refractivity contribution is 6.07. The van der Waals surface area contributed by atoms with Gasteiger partial charge in [-0.2, -0.15) is 0 Å². The van der Waals surface area contributed by atoms with Crippen LogP contribution in [0, 0.1) is 0 Å². The number of benzene rings is 4. The van der Waals surface area contributed by atoms with Crippen molar-refractivity contribution in [3.05, 3.63) is 109 Å². The molecule has 0 aliphatic carbocycles. The molecule has 0 saturated heterocycles. The van der Waals surface area contributed by atoms with Gasteiger partial charge >= 0.3 is 6.03 Å². The molecule has 0 spiro atoms. The number of fused-ring (bicyclic) bond motifs is 1. The second-order valence-corrected chi connectivity index (χ2v) is 6.37. The van der Waals surface area contributed by atoms with Crippen molar-refractivity contribution in [3.63, 3.8) is 0 Å². The summed E-state index contributed by atoms with van der Waals surface area (Å²) in [6, 6.07) is 33.6. The Labute approximate surface area is 158 Å². The van der Waals surface area contributed by atoms with Gasteiger partial charge in [0.05, 0.1) is 12.2 Å². The van der Waals surface area contributed by atoms with Gasteiger partial charge in [-0.25, -0.2) is 4.79 Å². The molecule has 132 valence electrons. The Hall–Kier alpha value is -3.59. The molecule has 0 fully saturated rings. The molecule has 27 heavy (non-hydrogen) atoms. The maximum Gasteiger partial charge on any atom is 0.326 e. The first-order valence-electron chi connectivity index (χ1n) is 8.96. The lowest BCUT2D eigenvalue weighted by molar-refractivity contribution is 0.256. The summed E-state index contributed by atoms with van der Waals surface area (Å²) < 4.78 is 0. The van der Waals surface area contributed by atoms with Gasteiger partial charge in [0.15, 0.2) is 0 Å². The average molecular weight is 352 g/mol. The Morgan fingerprint density at radius 1 is 0.704 bits per heavy atom. The highest BCUT2D eigenvalue weighted by Gasteiger charge is 2.18. The third kappa shape index (κ3) is 3.82. The molecule has 4 aromatic carbocycles.